The van der Waals surface area contributed by atoms with Crippen molar-refractivity contribution in [3.8, 4) is 11.6 Å². The molecule has 9 nitrogen and oxygen atoms in total. The Kier molecular flexibility index (Phi) is 4.78. The number of anilines is 2. The molecule has 10 heteroatoms. The van der Waals surface area contributed by atoms with Crippen LogP contribution in [0.2, 0.25) is 0 Å². The fraction of sp³-hybridized carbons (Fsp3) is 0.316. The van der Waals surface area contributed by atoms with Gasteiger partial charge in [-0.25, -0.2) is 4.98 Å². The van der Waals surface area contributed by atoms with Crippen LogP contribution in [0.4, 0.5) is 10.9 Å². The molecule has 0 amide bonds. The fourth-order valence-corrected chi connectivity index (χ4v) is 3.93. The molecule has 148 valence electrons. The molecule has 1 aliphatic rings. The van der Waals surface area contributed by atoms with Crippen molar-refractivity contribution in [1.82, 2.24) is 29.1 Å². The molecule has 0 unspecified atom stereocenters. The van der Waals surface area contributed by atoms with Gasteiger partial charge in [-0.2, -0.15) is 19.6 Å². The highest BCUT2D eigenvalue weighted by atomic mass is 32.1. The summed E-state index contributed by atoms with van der Waals surface area (Å²) in [5.74, 6) is 1.02. The van der Waals surface area contributed by atoms with E-state index in [2.05, 4.69) is 24.9 Å². The van der Waals surface area contributed by atoms with Crippen LogP contribution in [0.25, 0.3) is 16.7 Å². The molecule has 4 aromatic heterocycles. The first-order valence-electron chi connectivity index (χ1n) is 9.37. The number of aryl methyl sites for hydroxylation is 1. The van der Waals surface area contributed by atoms with Crippen LogP contribution in [0.3, 0.4) is 0 Å². The third-order valence-electron chi connectivity index (χ3n) is 4.66. The van der Waals surface area contributed by atoms with E-state index in [0.717, 1.165) is 40.3 Å². The molecule has 0 radical (unpaired) electrons. The normalized spacial score (nSPS) is 14.9. The Balaban J connectivity index is 1.58. The topological polar surface area (TPSA) is 99.9 Å². The number of nitrogens with zero attached hydrogens (tertiary/aromatic N) is 6. The van der Waals surface area contributed by atoms with Crippen LogP contribution in [-0.2, 0) is 4.74 Å². The number of rotatable bonds is 5. The Morgan fingerprint density at radius 2 is 2.10 bits per heavy atom. The van der Waals surface area contributed by atoms with Gasteiger partial charge in [-0.3, -0.25) is 0 Å². The number of hydrogen-bond donors (Lipinski definition) is 1. The molecule has 1 aliphatic heterocycles. The van der Waals surface area contributed by atoms with Crippen LogP contribution in [0.1, 0.15) is 18.5 Å². The first kappa shape index (κ1) is 18.0. The lowest BCUT2D eigenvalue weighted by Gasteiger charge is -2.23. The van der Waals surface area contributed by atoms with Crippen LogP contribution < -0.4 is 10.1 Å². The molecule has 0 aliphatic carbocycles. The lowest BCUT2D eigenvalue weighted by atomic mass is 10.1. The first-order valence-corrected chi connectivity index (χ1v) is 10.1. The molecule has 0 bridgehead atoms. The van der Waals surface area contributed by atoms with Crippen molar-refractivity contribution in [3.63, 3.8) is 0 Å². The van der Waals surface area contributed by atoms with E-state index < -0.39 is 0 Å². The molecular weight excluding hydrogens is 390 g/mol. The van der Waals surface area contributed by atoms with Crippen molar-refractivity contribution in [1.29, 1.82) is 0 Å². The molecule has 5 rings (SSSR count). The number of aromatic nitrogens is 6. The van der Waals surface area contributed by atoms with Gasteiger partial charge in [0.05, 0.1) is 42.5 Å². The van der Waals surface area contributed by atoms with E-state index in [4.69, 9.17) is 14.5 Å². The van der Waals surface area contributed by atoms with Crippen LogP contribution in [-0.4, -0.2) is 48.4 Å². The summed E-state index contributed by atoms with van der Waals surface area (Å²) in [7, 11) is 0. The molecule has 0 atom stereocenters. The van der Waals surface area contributed by atoms with Gasteiger partial charge < -0.3 is 19.4 Å². The zero-order valence-electron chi connectivity index (χ0n) is 15.8. The summed E-state index contributed by atoms with van der Waals surface area (Å²) in [4.78, 5) is 9.37. The second kappa shape index (κ2) is 7.72. The highest BCUT2D eigenvalue weighted by Crippen LogP contribution is 2.31. The minimum atomic E-state index is 0.0549. The van der Waals surface area contributed by atoms with Crippen molar-refractivity contribution < 1.29 is 9.47 Å². The van der Waals surface area contributed by atoms with Crippen molar-refractivity contribution >= 4 is 33.5 Å². The summed E-state index contributed by atoms with van der Waals surface area (Å²) in [6.07, 6.45) is 7.01. The van der Waals surface area contributed by atoms with Gasteiger partial charge in [-0.05, 0) is 36.7 Å². The number of fused-ring (bicyclic) bond motifs is 1. The largest absolute Gasteiger partial charge is 0.473 e. The summed E-state index contributed by atoms with van der Waals surface area (Å²) in [5, 5.41) is 12.0. The molecule has 1 N–H and O–H groups in total. The van der Waals surface area contributed by atoms with Gasteiger partial charge in [0.2, 0.25) is 11.8 Å². The van der Waals surface area contributed by atoms with Gasteiger partial charge >= 0.3 is 0 Å². The van der Waals surface area contributed by atoms with E-state index in [0.29, 0.717) is 25.0 Å². The van der Waals surface area contributed by atoms with Crippen molar-refractivity contribution in [2.24, 2.45) is 0 Å². The molecule has 5 heterocycles. The summed E-state index contributed by atoms with van der Waals surface area (Å²) in [6, 6.07) is 5.79. The SMILES string of the molecule is Cc1cc(Nc2nc(OC3CCOCC3)c3c(ccn3-c3ccnnc3)n2)sn1. The van der Waals surface area contributed by atoms with Crippen molar-refractivity contribution in [2.75, 3.05) is 18.5 Å². The van der Waals surface area contributed by atoms with E-state index in [1.54, 1.807) is 12.4 Å². The Hall–Kier alpha value is -3.11. The van der Waals surface area contributed by atoms with Gasteiger partial charge in [0, 0.05) is 19.0 Å². The molecule has 29 heavy (non-hydrogen) atoms. The lowest BCUT2D eigenvalue weighted by Crippen LogP contribution is -2.26. The Labute approximate surface area is 170 Å². The number of hydrogen-bond acceptors (Lipinski definition) is 9. The van der Waals surface area contributed by atoms with Gasteiger partial charge in [-0.15, -0.1) is 0 Å². The summed E-state index contributed by atoms with van der Waals surface area (Å²) < 4.78 is 18.1. The predicted octanol–water partition coefficient (Wildman–Crippen LogP) is 3.28. The molecule has 1 fully saturated rings. The summed E-state index contributed by atoms with van der Waals surface area (Å²) in [5.41, 5.74) is 3.40. The molecule has 0 saturated carbocycles. The average Bonchev–Trinajstić information content (AvgIpc) is 3.36. The highest BCUT2D eigenvalue weighted by molar-refractivity contribution is 7.10. The predicted molar refractivity (Wildman–Crippen MR) is 109 cm³/mol. The maximum absolute atomic E-state index is 6.33. The minimum absolute atomic E-state index is 0.0549. The van der Waals surface area contributed by atoms with Crippen LogP contribution in [0.5, 0.6) is 5.88 Å². The van der Waals surface area contributed by atoms with Crippen molar-refractivity contribution in [3.05, 3.63) is 42.5 Å². The van der Waals surface area contributed by atoms with Gasteiger partial charge in [0.15, 0.2) is 0 Å². The molecule has 0 aromatic carbocycles. The van der Waals surface area contributed by atoms with Gasteiger partial charge in [0.1, 0.15) is 16.6 Å². The molecule has 4 aromatic rings. The van der Waals surface area contributed by atoms with E-state index in [9.17, 15) is 0 Å². The standard InChI is InChI=1S/C19H19N7O2S/c1-12-10-16(29-25-12)23-19-22-15-3-7-26(13-2-6-20-21-11-13)17(15)18(24-19)28-14-4-8-27-9-5-14/h2-3,6-7,10-11,14H,4-5,8-9H2,1H3,(H,22,23,24). The van der Waals surface area contributed by atoms with E-state index in [1.807, 2.05) is 35.9 Å². The zero-order chi connectivity index (χ0) is 19.6. The summed E-state index contributed by atoms with van der Waals surface area (Å²) in [6.45, 7) is 3.34. The second-order valence-electron chi connectivity index (χ2n) is 6.76. The van der Waals surface area contributed by atoms with E-state index in [-0.39, 0.29) is 6.10 Å². The third-order valence-corrected chi connectivity index (χ3v) is 5.45. The number of ether oxygens (including phenoxy) is 2. The van der Waals surface area contributed by atoms with Gasteiger partial charge in [0.25, 0.3) is 0 Å². The average molecular weight is 409 g/mol. The maximum Gasteiger partial charge on any atom is 0.244 e. The quantitative estimate of drug-likeness (QED) is 0.536. The Bertz CT molecular complexity index is 1120. The van der Waals surface area contributed by atoms with Gasteiger partial charge in [-0.1, -0.05) is 0 Å². The summed E-state index contributed by atoms with van der Waals surface area (Å²) >= 11 is 1.37. The third kappa shape index (κ3) is 3.76. The maximum atomic E-state index is 6.33. The molecule has 0 spiro atoms. The smallest absolute Gasteiger partial charge is 0.244 e. The Morgan fingerprint density at radius 1 is 1.21 bits per heavy atom. The van der Waals surface area contributed by atoms with E-state index in [1.165, 1.54) is 11.5 Å². The zero-order valence-corrected chi connectivity index (χ0v) is 16.6. The molecule has 1 saturated heterocycles. The number of nitrogens with one attached hydrogen (secondary N) is 1. The van der Waals surface area contributed by atoms with Crippen LogP contribution >= 0.6 is 11.5 Å². The molecular formula is C19H19N7O2S. The monoisotopic (exact) mass is 409 g/mol. The van der Waals surface area contributed by atoms with Crippen LogP contribution in [0.15, 0.2) is 36.8 Å². The Morgan fingerprint density at radius 3 is 2.86 bits per heavy atom. The fourth-order valence-electron chi connectivity index (χ4n) is 3.28. The van der Waals surface area contributed by atoms with Crippen LogP contribution in [0, 0.1) is 6.92 Å². The highest BCUT2D eigenvalue weighted by Gasteiger charge is 2.21. The first-order chi connectivity index (χ1) is 14.3. The minimum Gasteiger partial charge on any atom is -0.473 e. The van der Waals surface area contributed by atoms with E-state index >= 15 is 0 Å². The van der Waals surface area contributed by atoms with Crippen molar-refractivity contribution in [2.45, 2.75) is 25.9 Å². The lowest BCUT2D eigenvalue weighted by molar-refractivity contribution is 0.0243. The second-order valence-corrected chi connectivity index (χ2v) is 7.56.